The highest BCUT2D eigenvalue weighted by Crippen LogP contribution is 2.21. The van der Waals surface area contributed by atoms with E-state index in [0.29, 0.717) is 25.4 Å². The van der Waals surface area contributed by atoms with Gasteiger partial charge in [0.05, 0.1) is 5.60 Å². The molecule has 5 heteroatoms. The fourth-order valence-corrected chi connectivity index (χ4v) is 2.28. The van der Waals surface area contributed by atoms with Crippen LogP contribution in [0.5, 0.6) is 5.75 Å². The molecule has 1 unspecified atom stereocenters. The highest BCUT2D eigenvalue weighted by atomic mass is 16.5. The van der Waals surface area contributed by atoms with Crippen molar-refractivity contribution in [2.45, 2.75) is 18.9 Å². The van der Waals surface area contributed by atoms with Gasteiger partial charge < -0.3 is 14.9 Å². The zero-order valence-corrected chi connectivity index (χ0v) is 11.0. The van der Waals surface area contributed by atoms with Gasteiger partial charge in [-0.05, 0) is 25.5 Å². The third-order valence-corrected chi connectivity index (χ3v) is 3.31. The molecule has 1 atom stereocenters. The molecule has 1 heterocycles. The van der Waals surface area contributed by atoms with Gasteiger partial charge in [-0.25, -0.2) is 4.79 Å². The lowest BCUT2D eigenvalue weighted by atomic mass is 10.1. The molecule has 0 aliphatic carbocycles. The molecule has 19 heavy (non-hydrogen) atoms. The summed E-state index contributed by atoms with van der Waals surface area (Å²) in [5.41, 5.74) is -0.435. The first kappa shape index (κ1) is 13.8. The van der Waals surface area contributed by atoms with E-state index >= 15 is 0 Å². The van der Waals surface area contributed by atoms with E-state index in [0.717, 1.165) is 13.0 Å². The van der Waals surface area contributed by atoms with Crippen molar-refractivity contribution in [1.29, 1.82) is 0 Å². The number of carboxylic acid groups (broad SMARTS) is 1. The molecule has 2 N–H and O–H groups in total. The molecule has 5 nitrogen and oxygen atoms in total. The van der Waals surface area contributed by atoms with Gasteiger partial charge in [-0.15, -0.1) is 0 Å². The molecule has 2 rings (SSSR count). The summed E-state index contributed by atoms with van der Waals surface area (Å²) in [7, 11) is 0. The van der Waals surface area contributed by atoms with Gasteiger partial charge in [0, 0.05) is 19.6 Å². The minimum Gasteiger partial charge on any atom is -0.491 e. The number of benzene rings is 1. The molecule has 1 saturated heterocycles. The van der Waals surface area contributed by atoms with Crippen LogP contribution in [-0.4, -0.2) is 52.9 Å². The van der Waals surface area contributed by atoms with Gasteiger partial charge in [0.2, 0.25) is 0 Å². The number of nitrogens with zero attached hydrogens (tertiary/aromatic N) is 1. The first-order valence-electron chi connectivity index (χ1n) is 6.38. The van der Waals surface area contributed by atoms with Crippen molar-refractivity contribution in [3.63, 3.8) is 0 Å². The van der Waals surface area contributed by atoms with Gasteiger partial charge in [-0.1, -0.05) is 12.1 Å². The van der Waals surface area contributed by atoms with E-state index in [9.17, 15) is 9.90 Å². The van der Waals surface area contributed by atoms with Crippen molar-refractivity contribution >= 4 is 5.97 Å². The van der Waals surface area contributed by atoms with Crippen LogP contribution in [0.3, 0.4) is 0 Å². The zero-order valence-electron chi connectivity index (χ0n) is 11.0. The number of hydrogen-bond acceptors (Lipinski definition) is 4. The van der Waals surface area contributed by atoms with Crippen molar-refractivity contribution in [3.05, 3.63) is 29.8 Å². The number of carbonyl (C=O) groups is 1. The number of aliphatic hydroxyl groups is 1. The Hall–Kier alpha value is -1.59. The van der Waals surface area contributed by atoms with Crippen LogP contribution in [0, 0.1) is 0 Å². The van der Waals surface area contributed by atoms with E-state index in [1.807, 2.05) is 6.92 Å². The molecule has 0 spiro atoms. The summed E-state index contributed by atoms with van der Waals surface area (Å²) >= 11 is 0. The van der Waals surface area contributed by atoms with Gasteiger partial charge in [0.1, 0.15) is 17.9 Å². The highest BCUT2D eigenvalue weighted by molar-refractivity contribution is 5.90. The number of hydrogen-bond donors (Lipinski definition) is 2. The molecule has 1 aromatic rings. The molecular formula is C14H19NO4. The number of carboxylic acids is 1. The fraction of sp³-hybridized carbons (Fsp3) is 0.500. The minimum absolute atomic E-state index is 0.177. The van der Waals surface area contributed by atoms with Crippen LogP contribution >= 0.6 is 0 Å². The van der Waals surface area contributed by atoms with E-state index < -0.39 is 11.6 Å². The van der Waals surface area contributed by atoms with E-state index in [1.54, 1.807) is 18.2 Å². The number of rotatable bonds is 5. The summed E-state index contributed by atoms with van der Waals surface area (Å²) in [5.74, 6) is -0.597. The second-order valence-electron chi connectivity index (χ2n) is 5.17. The number of para-hydroxylation sites is 1. The Bertz CT molecular complexity index is 459. The maximum atomic E-state index is 11.0. The first-order valence-corrected chi connectivity index (χ1v) is 6.38. The standard InChI is InChI=1S/C14H19NO4/c1-14(18)6-7-15(10-14)8-9-19-12-5-3-2-4-11(12)13(16)17/h2-5,18H,6-10H2,1H3,(H,16,17). The van der Waals surface area contributed by atoms with Crippen LogP contribution in [0.4, 0.5) is 0 Å². The van der Waals surface area contributed by atoms with Gasteiger partial charge >= 0.3 is 5.97 Å². The van der Waals surface area contributed by atoms with Crippen LogP contribution < -0.4 is 4.74 Å². The Kier molecular flexibility index (Phi) is 4.07. The van der Waals surface area contributed by atoms with Gasteiger partial charge in [0.15, 0.2) is 0 Å². The summed E-state index contributed by atoms with van der Waals surface area (Å²) < 4.78 is 5.52. The predicted octanol–water partition coefficient (Wildman–Crippen LogP) is 1.22. The number of likely N-dealkylation sites (tertiary alicyclic amines) is 1. The molecule has 1 fully saturated rings. The van der Waals surface area contributed by atoms with Gasteiger partial charge in [-0.3, -0.25) is 4.90 Å². The SMILES string of the molecule is CC1(O)CCN(CCOc2ccccc2C(=O)O)C1. The number of β-amino-alcohol motifs (C(OH)–C–C–N with tert-alkyl or cyclic N) is 1. The maximum Gasteiger partial charge on any atom is 0.339 e. The molecule has 1 aliphatic rings. The average molecular weight is 265 g/mol. The average Bonchev–Trinajstić information content (AvgIpc) is 2.69. The molecule has 0 bridgehead atoms. The Morgan fingerprint density at radius 2 is 2.21 bits per heavy atom. The molecule has 1 aliphatic heterocycles. The van der Waals surface area contributed by atoms with Crippen molar-refractivity contribution < 1.29 is 19.7 Å². The van der Waals surface area contributed by atoms with Crippen LogP contribution in [0.1, 0.15) is 23.7 Å². The molecule has 0 amide bonds. The second kappa shape index (κ2) is 5.59. The van der Waals surface area contributed by atoms with E-state index in [4.69, 9.17) is 9.84 Å². The molecule has 104 valence electrons. The van der Waals surface area contributed by atoms with Gasteiger partial charge in [-0.2, -0.15) is 0 Å². The van der Waals surface area contributed by atoms with Gasteiger partial charge in [0.25, 0.3) is 0 Å². The lowest BCUT2D eigenvalue weighted by Gasteiger charge is -2.19. The topological polar surface area (TPSA) is 70.0 Å². The largest absolute Gasteiger partial charge is 0.491 e. The van der Waals surface area contributed by atoms with E-state index in [-0.39, 0.29) is 5.56 Å². The summed E-state index contributed by atoms with van der Waals surface area (Å²) in [5, 5.41) is 18.9. The predicted molar refractivity (Wildman–Crippen MR) is 70.6 cm³/mol. The summed E-state index contributed by atoms with van der Waals surface area (Å²) in [4.78, 5) is 13.1. The fourth-order valence-electron chi connectivity index (χ4n) is 2.28. The highest BCUT2D eigenvalue weighted by Gasteiger charge is 2.30. The molecular weight excluding hydrogens is 246 g/mol. The van der Waals surface area contributed by atoms with Crippen molar-refractivity contribution in [3.8, 4) is 5.75 Å². The van der Waals surface area contributed by atoms with Crippen molar-refractivity contribution in [1.82, 2.24) is 4.90 Å². The Labute approximate surface area is 112 Å². The Morgan fingerprint density at radius 3 is 2.84 bits per heavy atom. The summed E-state index contributed by atoms with van der Waals surface area (Å²) in [6.45, 7) is 4.41. The monoisotopic (exact) mass is 265 g/mol. The van der Waals surface area contributed by atoms with Crippen LogP contribution in [0.15, 0.2) is 24.3 Å². The van der Waals surface area contributed by atoms with Crippen LogP contribution in [0.2, 0.25) is 0 Å². The number of aromatic carboxylic acids is 1. The smallest absolute Gasteiger partial charge is 0.339 e. The van der Waals surface area contributed by atoms with Crippen LogP contribution in [-0.2, 0) is 0 Å². The third kappa shape index (κ3) is 3.68. The lowest BCUT2D eigenvalue weighted by molar-refractivity contribution is 0.0668. The maximum absolute atomic E-state index is 11.0. The Balaban J connectivity index is 1.85. The molecule has 0 radical (unpaired) electrons. The quantitative estimate of drug-likeness (QED) is 0.837. The lowest BCUT2D eigenvalue weighted by Crippen LogP contribution is -2.32. The third-order valence-electron chi connectivity index (χ3n) is 3.31. The zero-order chi connectivity index (χ0) is 13.9. The van der Waals surface area contributed by atoms with E-state index in [2.05, 4.69) is 4.90 Å². The van der Waals surface area contributed by atoms with Crippen LogP contribution in [0.25, 0.3) is 0 Å². The number of ether oxygens (including phenoxy) is 1. The first-order chi connectivity index (χ1) is 8.98. The van der Waals surface area contributed by atoms with Crippen molar-refractivity contribution in [2.24, 2.45) is 0 Å². The second-order valence-corrected chi connectivity index (χ2v) is 5.17. The minimum atomic E-state index is -0.986. The molecule has 1 aromatic carbocycles. The summed E-state index contributed by atoms with van der Waals surface area (Å²) in [6, 6.07) is 6.61. The Morgan fingerprint density at radius 1 is 1.47 bits per heavy atom. The molecule has 0 aromatic heterocycles. The van der Waals surface area contributed by atoms with E-state index in [1.165, 1.54) is 6.07 Å². The molecule has 0 saturated carbocycles. The summed E-state index contributed by atoms with van der Waals surface area (Å²) in [6.07, 6.45) is 0.763. The van der Waals surface area contributed by atoms with Crippen molar-refractivity contribution in [2.75, 3.05) is 26.2 Å². The normalized spacial score (nSPS) is 23.5.